The Balaban J connectivity index is 1.53. The Morgan fingerprint density at radius 3 is 2.44 bits per heavy atom. The first-order valence-electron chi connectivity index (χ1n) is 13.1. The normalized spacial score (nSPS) is 15.1. The molecule has 1 aliphatic heterocycles. The third-order valence-corrected chi connectivity index (χ3v) is 8.51. The molecule has 3 heterocycles. The number of carbonyl (C=O) groups is 2. The minimum atomic E-state index is -1.00. The zero-order valence-electron chi connectivity index (χ0n) is 23.0. The van der Waals surface area contributed by atoms with Crippen LogP contribution in [-0.2, 0) is 10.5 Å². The molecule has 1 atom stereocenters. The second kappa shape index (κ2) is 12.2. The van der Waals surface area contributed by atoms with E-state index in [9.17, 15) is 14.7 Å². The Hall–Kier alpha value is -4.09. The summed E-state index contributed by atoms with van der Waals surface area (Å²) >= 11 is 2.71. The van der Waals surface area contributed by atoms with E-state index in [1.54, 1.807) is 31.2 Å². The van der Waals surface area contributed by atoms with Crippen LogP contribution in [0.25, 0.3) is 0 Å². The van der Waals surface area contributed by atoms with E-state index in [1.807, 2.05) is 20.8 Å². The van der Waals surface area contributed by atoms with Crippen LogP contribution in [0.2, 0.25) is 0 Å². The molecule has 5 rings (SSSR count). The van der Waals surface area contributed by atoms with Gasteiger partial charge in [-0.1, -0.05) is 59.0 Å². The van der Waals surface area contributed by atoms with Crippen LogP contribution in [0.3, 0.4) is 0 Å². The fourth-order valence-electron chi connectivity index (χ4n) is 4.46. The standard InChI is InChI=1S/C30H29N3O6S2/c1-5-37-21-14-12-20(15-23(21)38-6-2)25-24(26(34)22-13-9-18(4)39-22)27(35)28(36)33(25)29-31-32-30(41-29)40-16-19-10-7-17(3)8-11-19/h7-15,25,35H,5-6,16H2,1-4H3. The van der Waals surface area contributed by atoms with Crippen molar-refractivity contribution in [1.82, 2.24) is 10.2 Å². The monoisotopic (exact) mass is 591 g/mol. The van der Waals surface area contributed by atoms with Gasteiger partial charge < -0.3 is 19.0 Å². The number of thioether (sulfide) groups is 1. The number of amides is 1. The summed E-state index contributed by atoms with van der Waals surface area (Å²) in [7, 11) is 0. The highest BCUT2D eigenvalue weighted by Crippen LogP contribution is 2.45. The highest BCUT2D eigenvalue weighted by Gasteiger charge is 2.47. The summed E-state index contributed by atoms with van der Waals surface area (Å²) in [5, 5.41) is 19.9. The van der Waals surface area contributed by atoms with Crippen molar-refractivity contribution in [1.29, 1.82) is 0 Å². The molecule has 0 saturated carbocycles. The lowest BCUT2D eigenvalue weighted by atomic mass is 9.95. The number of hydrogen-bond acceptors (Lipinski definition) is 10. The van der Waals surface area contributed by atoms with E-state index in [0.29, 0.717) is 46.1 Å². The molecule has 41 heavy (non-hydrogen) atoms. The van der Waals surface area contributed by atoms with Gasteiger partial charge in [-0.2, -0.15) is 0 Å². The van der Waals surface area contributed by atoms with Gasteiger partial charge in [-0.3, -0.25) is 14.5 Å². The van der Waals surface area contributed by atoms with Crippen molar-refractivity contribution in [3.8, 4) is 11.5 Å². The summed E-state index contributed by atoms with van der Waals surface area (Å²) in [4.78, 5) is 28.5. The number of rotatable bonds is 11. The number of furan rings is 1. The molecule has 0 bridgehead atoms. The van der Waals surface area contributed by atoms with E-state index < -0.39 is 23.5 Å². The van der Waals surface area contributed by atoms with Crippen molar-refractivity contribution in [2.45, 2.75) is 43.8 Å². The van der Waals surface area contributed by atoms with E-state index >= 15 is 0 Å². The van der Waals surface area contributed by atoms with Gasteiger partial charge in [-0.15, -0.1) is 10.2 Å². The van der Waals surface area contributed by atoms with Crippen molar-refractivity contribution in [3.63, 3.8) is 0 Å². The minimum absolute atomic E-state index is 0.0197. The summed E-state index contributed by atoms with van der Waals surface area (Å²) in [6.45, 7) is 8.29. The third-order valence-electron chi connectivity index (χ3n) is 6.38. The van der Waals surface area contributed by atoms with Gasteiger partial charge in [0.05, 0.1) is 24.8 Å². The summed E-state index contributed by atoms with van der Waals surface area (Å²) in [5.74, 6) is 0.205. The van der Waals surface area contributed by atoms with E-state index in [0.717, 1.165) is 5.56 Å². The van der Waals surface area contributed by atoms with Crippen molar-refractivity contribution in [2.24, 2.45) is 0 Å². The molecule has 4 aromatic rings. The lowest BCUT2D eigenvalue weighted by Crippen LogP contribution is -2.31. The van der Waals surface area contributed by atoms with Gasteiger partial charge in [0.25, 0.3) is 5.91 Å². The number of aromatic nitrogens is 2. The van der Waals surface area contributed by atoms with Gasteiger partial charge in [-0.25, -0.2) is 0 Å². The molecule has 1 aliphatic rings. The number of Topliss-reactive ketones (excluding diaryl/α,β-unsaturated/α-hetero) is 1. The van der Waals surface area contributed by atoms with Gasteiger partial charge in [0, 0.05) is 5.75 Å². The third kappa shape index (κ3) is 5.86. The molecule has 11 heteroatoms. The molecule has 0 fully saturated rings. The molecule has 9 nitrogen and oxygen atoms in total. The quantitative estimate of drug-likeness (QED) is 0.117. The van der Waals surface area contributed by atoms with Crippen molar-refractivity contribution in [3.05, 3.63) is 94.1 Å². The number of anilines is 1. The number of aryl methyl sites for hydroxylation is 2. The van der Waals surface area contributed by atoms with Gasteiger partial charge in [0.15, 0.2) is 27.4 Å². The molecule has 0 aliphatic carbocycles. The van der Waals surface area contributed by atoms with Crippen LogP contribution < -0.4 is 14.4 Å². The maximum absolute atomic E-state index is 13.7. The largest absolute Gasteiger partial charge is 0.503 e. The van der Waals surface area contributed by atoms with E-state index in [2.05, 4.69) is 34.5 Å². The fourth-order valence-corrected chi connectivity index (χ4v) is 6.29. The lowest BCUT2D eigenvalue weighted by molar-refractivity contribution is -0.117. The number of aliphatic hydroxyl groups is 1. The number of carbonyl (C=O) groups excluding carboxylic acids is 2. The van der Waals surface area contributed by atoms with Crippen LogP contribution in [-0.4, -0.2) is 40.2 Å². The Labute approximate surface area is 245 Å². The molecule has 1 amide bonds. The summed E-state index contributed by atoms with van der Waals surface area (Å²) < 4.78 is 17.7. The summed E-state index contributed by atoms with van der Waals surface area (Å²) in [5.41, 5.74) is 2.73. The molecule has 0 spiro atoms. The predicted molar refractivity (Wildman–Crippen MR) is 157 cm³/mol. The number of aliphatic hydroxyl groups excluding tert-OH is 1. The van der Waals surface area contributed by atoms with Crippen LogP contribution in [0.5, 0.6) is 11.5 Å². The molecular weight excluding hydrogens is 562 g/mol. The molecule has 212 valence electrons. The lowest BCUT2D eigenvalue weighted by Gasteiger charge is -2.24. The summed E-state index contributed by atoms with van der Waals surface area (Å²) in [6.07, 6.45) is 0. The molecule has 1 N–H and O–H groups in total. The van der Waals surface area contributed by atoms with E-state index in [4.69, 9.17) is 13.9 Å². The average Bonchev–Trinajstić information content (AvgIpc) is 3.67. The second-order valence-corrected chi connectivity index (χ2v) is 11.5. The highest BCUT2D eigenvalue weighted by molar-refractivity contribution is 8.00. The zero-order chi connectivity index (χ0) is 29.1. The highest BCUT2D eigenvalue weighted by atomic mass is 32.2. The maximum Gasteiger partial charge on any atom is 0.296 e. The Kier molecular flexibility index (Phi) is 8.46. The number of ketones is 1. The molecular formula is C30H29N3O6S2. The first-order valence-corrected chi connectivity index (χ1v) is 14.9. The molecule has 0 saturated heterocycles. The van der Waals surface area contributed by atoms with Crippen LogP contribution >= 0.6 is 23.1 Å². The first-order chi connectivity index (χ1) is 19.8. The van der Waals surface area contributed by atoms with Crippen molar-refractivity contribution >= 4 is 39.9 Å². The van der Waals surface area contributed by atoms with E-state index in [-0.39, 0.29) is 16.5 Å². The Bertz CT molecular complexity index is 1610. The number of hydrogen-bond donors (Lipinski definition) is 1. The molecule has 2 aromatic heterocycles. The maximum atomic E-state index is 13.7. The van der Waals surface area contributed by atoms with Crippen LogP contribution in [0.1, 0.15) is 52.9 Å². The van der Waals surface area contributed by atoms with Gasteiger partial charge in [0.1, 0.15) is 5.76 Å². The summed E-state index contributed by atoms with van der Waals surface area (Å²) in [6, 6.07) is 15.6. The number of benzene rings is 2. The second-order valence-electron chi connectivity index (χ2n) is 9.28. The zero-order valence-corrected chi connectivity index (χ0v) is 24.7. The first kappa shape index (κ1) is 28.4. The van der Waals surface area contributed by atoms with Crippen LogP contribution in [0, 0.1) is 13.8 Å². The molecule has 1 unspecified atom stereocenters. The number of nitrogens with zero attached hydrogens (tertiary/aromatic N) is 3. The SMILES string of the molecule is CCOc1ccc(C2C(C(=O)c3ccc(C)o3)=C(O)C(=O)N2c2nnc(SCc3ccc(C)cc3)s2)cc1OCC. The van der Waals surface area contributed by atoms with Gasteiger partial charge >= 0.3 is 0 Å². The van der Waals surface area contributed by atoms with Crippen LogP contribution in [0.4, 0.5) is 5.13 Å². The number of ether oxygens (including phenoxy) is 2. The van der Waals surface area contributed by atoms with Gasteiger partial charge in [0.2, 0.25) is 10.9 Å². The van der Waals surface area contributed by atoms with Crippen molar-refractivity contribution in [2.75, 3.05) is 18.1 Å². The smallest absolute Gasteiger partial charge is 0.296 e. The van der Waals surface area contributed by atoms with Crippen LogP contribution in [0.15, 0.2) is 74.7 Å². The van der Waals surface area contributed by atoms with Crippen molar-refractivity contribution < 1.29 is 28.6 Å². The van der Waals surface area contributed by atoms with E-state index in [1.165, 1.54) is 39.6 Å². The fraction of sp³-hybridized carbons (Fsp3) is 0.267. The Morgan fingerprint density at radius 1 is 1.02 bits per heavy atom. The average molecular weight is 592 g/mol. The predicted octanol–water partition coefficient (Wildman–Crippen LogP) is 6.62. The molecule has 0 radical (unpaired) electrons. The molecule has 2 aromatic carbocycles. The minimum Gasteiger partial charge on any atom is -0.503 e. The van der Waals surface area contributed by atoms with Gasteiger partial charge in [-0.05, 0) is 63.1 Å². The topological polar surface area (TPSA) is 115 Å². The Morgan fingerprint density at radius 2 is 1.76 bits per heavy atom.